The standard InChI is InChI=1S/C30H48FN9O2/c1-6-24(41)37-15-19(5)38(16-18(37)4)27-22-13-23(31)29-34-28(22)39(30(42)35-27)26-20(11-12-32-25(26)17(2)3)9-7-8-10-21-14-33-36-40(21)29/h6-8,14,17-20,22-23,25-29,32-34,36H,1,9-13,15-16H2,2-5H3,(H,35,42)/b8-7-/t18-,19+,20?,22?,23?,25?,26?,27?,28?,29?/m1/s1. The third-order valence-corrected chi connectivity index (χ3v) is 10.4. The number of alkyl halides is 1. The molecule has 10 atom stereocenters. The molecule has 0 radical (unpaired) electrons. The van der Waals surface area contributed by atoms with Crippen LogP contribution in [0, 0.1) is 17.8 Å². The summed E-state index contributed by atoms with van der Waals surface area (Å²) in [6.45, 7) is 14.3. The molecule has 0 spiro atoms. The largest absolute Gasteiger partial charge is 0.334 e. The number of hydrogen-bond acceptors (Lipinski definition) is 8. The summed E-state index contributed by atoms with van der Waals surface area (Å²) in [6.07, 6.45) is 7.98. The van der Waals surface area contributed by atoms with E-state index in [0.717, 1.165) is 25.1 Å². The van der Waals surface area contributed by atoms with Crippen molar-refractivity contribution in [1.29, 1.82) is 0 Å². The molecule has 5 N–H and O–H groups in total. The second-order valence-corrected chi connectivity index (χ2v) is 13.3. The Bertz CT molecular complexity index is 1120. The SMILES string of the molecule is C=CC(=O)N1C[C@H](C)N(C2NC(=O)N3C4NC(C(F)CC42)N2NNC=C2C/C=C\CC2CCNC(C(C)C)C23)C[C@H]1C. The molecule has 0 aromatic carbocycles. The molecule has 3 amide bonds. The maximum Gasteiger partial charge on any atom is 0.320 e. The van der Waals surface area contributed by atoms with Gasteiger partial charge in [0.2, 0.25) is 5.91 Å². The molecule has 232 valence electrons. The number of rotatable bonds is 3. The summed E-state index contributed by atoms with van der Waals surface area (Å²) in [4.78, 5) is 33.1. The monoisotopic (exact) mass is 585 g/mol. The van der Waals surface area contributed by atoms with E-state index >= 15 is 4.39 Å². The Hall–Kier alpha value is -2.67. The molecule has 0 aliphatic carbocycles. The molecule has 6 aliphatic rings. The minimum absolute atomic E-state index is 0.0133. The zero-order valence-corrected chi connectivity index (χ0v) is 25.3. The molecule has 12 heteroatoms. The molecule has 4 saturated heterocycles. The lowest BCUT2D eigenvalue weighted by Crippen LogP contribution is -2.80. The van der Waals surface area contributed by atoms with Crippen molar-refractivity contribution in [3.63, 3.8) is 0 Å². The molecule has 0 aromatic heterocycles. The Morgan fingerprint density at radius 2 is 1.95 bits per heavy atom. The highest BCUT2D eigenvalue weighted by atomic mass is 19.1. The number of nitrogens with one attached hydrogen (secondary N) is 5. The first kappa shape index (κ1) is 29.4. The van der Waals surface area contributed by atoms with Crippen molar-refractivity contribution in [2.24, 2.45) is 17.8 Å². The van der Waals surface area contributed by atoms with E-state index in [4.69, 9.17) is 0 Å². The van der Waals surface area contributed by atoms with E-state index in [0.29, 0.717) is 31.8 Å². The van der Waals surface area contributed by atoms with Crippen LogP contribution in [0.25, 0.3) is 0 Å². The van der Waals surface area contributed by atoms with Gasteiger partial charge in [0, 0.05) is 49.8 Å². The van der Waals surface area contributed by atoms with Crippen LogP contribution in [0.2, 0.25) is 0 Å². The summed E-state index contributed by atoms with van der Waals surface area (Å²) >= 11 is 0. The number of hydrazine groups is 2. The second-order valence-electron chi connectivity index (χ2n) is 13.3. The smallest absolute Gasteiger partial charge is 0.320 e. The van der Waals surface area contributed by atoms with Gasteiger partial charge >= 0.3 is 6.03 Å². The van der Waals surface area contributed by atoms with Gasteiger partial charge in [0.05, 0.1) is 24.1 Å². The van der Waals surface area contributed by atoms with E-state index < -0.39 is 12.3 Å². The van der Waals surface area contributed by atoms with Gasteiger partial charge in [-0.05, 0) is 57.6 Å². The highest BCUT2D eigenvalue weighted by molar-refractivity contribution is 5.87. The van der Waals surface area contributed by atoms with Gasteiger partial charge in [0.1, 0.15) is 12.3 Å². The highest BCUT2D eigenvalue weighted by Crippen LogP contribution is 2.40. The van der Waals surface area contributed by atoms with Gasteiger partial charge in [-0.25, -0.2) is 9.18 Å². The Labute approximate surface area is 248 Å². The molecule has 6 heterocycles. The molecule has 11 nitrogen and oxygen atoms in total. The van der Waals surface area contributed by atoms with Crippen LogP contribution in [0.1, 0.15) is 53.4 Å². The number of allylic oxidation sites excluding steroid dienone is 2. The van der Waals surface area contributed by atoms with Crippen LogP contribution in [0.5, 0.6) is 0 Å². The molecule has 0 aromatic rings. The van der Waals surface area contributed by atoms with Crippen LogP contribution in [-0.4, -0.2) is 100 Å². The summed E-state index contributed by atoms with van der Waals surface area (Å²) in [6, 6.07) is -0.0944. The van der Waals surface area contributed by atoms with E-state index in [9.17, 15) is 9.59 Å². The van der Waals surface area contributed by atoms with E-state index in [1.54, 1.807) is 0 Å². The normalized spacial score (nSPS) is 41.4. The number of piperazine rings is 1. The van der Waals surface area contributed by atoms with Crippen LogP contribution in [0.4, 0.5) is 9.18 Å². The number of carbonyl (C=O) groups is 2. The molecular formula is C30H48FN9O2. The van der Waals surface area contributed by atoms with Gasteiger partial charge in [-0.1, -0.05) is 32.6 Å². The van der Waals surface area contributed by atoms with E-state index in [1.807, 2.05) is 27.9 Å². The van der Waals surface area contributed by atoms with Crippen LogP contribution in [-0.2, 0) is 4.79 Å². The fourth-order valence-electron chi connectivity index (χ4n) is 8.31. The van der Waals surface area contributed by atoms with Crippen molar-refractivity contribution in [2.75, 3.05) is 19.6 Å². The molecule has 4 fully saturated rings. The van der Waals surface area contributed by atoms with Crippen LogP contribution in [0.15, 0.2) is 36.7 Å². The molecular weight excluding hydrogens is 537 g/mol. The molecule has 42 heavy (non-hydrogen) atoms. The van der Waals surface area contributed by atoms with E-state index in [-0.39, 0.29) is 60.3 Å². The first-order chi connectivity index (χ1) is 20.2. The third-order valence-electron chi connectivity index (χ3n) is 10.4. The molecule has 8 unspecified atom stereocenters. The van der Waals surface area contributed by atoms with Crippen LogP contribution in [0.3, 0.4) is 0 Å². The minimum Gasteiger partial charge on any atom is -0.334 e. The van der Waals surface area contributed by atoms with Gasteiger partial charge in [0.25, 0.3) is 0 Å². The topological polar surface area (TPSA) is 107 Å². The maximum atomic E-state index is 16.3. The molecule has 2 bridgehead atoms. The summed E-state index contributed by atoms with van der Waals surface area (Å²) in [5, 5.41) is 12.6. The predicted octanol–water partition coefficient (Wildman–Crippen LogP) is 1.56. The average molecular weight is 586 g/mol. The molecule has 6 aliphatic heterocycles. The highest BCUT2D eigenvalue weighted by Gasteiger charge is 2.56. The summed E-state index contributed by atoms with van der Waals surface area (Å²) in [5.74, 6) is 0.334. The van der Waals surface area contributed by atoms with Gasteiger partial charge in [-0.3, -0.25) is 20.0 Å². The van der Waals surface area contributed by atoms with E-state index in [1.165, 1.54) is 6.08 Å². The molecule has 0 saturated carbocycles. The molecule has 6 rings (SSSR count). The lowest BCUT2D eigenvalue weighted by atomic mass is 9.76. The second kappa shape index (κ2) is 11.8. The van der Waals surface area contributed by atoms with Gasteiger partial charge < -0.3 is 25.9 Å². The summed E-state index contributed by atoms with van der Waals surface area (Å²) in [5.41, 5.74) is 7.15. The van der Waals surface area contributed by atoms with Crippen molar-refractivity contribution in [3.05, 3.63) is 36.7 Å². The number of hydrogen-bond donors (Lipinski definition) is 5. The predicted molar refractivity (Wildman–Crippen MR) is 159 cm³/mol. The van der Waals surface area contributed by atoms with Crippen molar-refractivity contribution >= 4 is 11.9 Å². The number of nitrogens with zero attached hydrogens (tertiary/aromatic N) is 4. The first-order valence-electron chi connectivity index (χ1n) is 15.7. The number of piperidine rings is 2. The lowest BCUT2D eigenvalue weighted by molar-refractivity contribution is -0.137. The van der Waals surface area contributed by atoms with Gasteiger partial charge in [-0.2, -0.15) is 0 Å². The first-order valence-corrected chi connectivity index (χ1v) is 15.7. The Balaban J connectivity index is 1.38. The minimum atomic E-state index is -1.18. The summed E-state index contributed by atoms with van der Waals surface area (Å²) < 4.78 is 16.3. The number of halogens is 1. The Morgan fingerprint density at radius 1 is 1.14 bits per heavy atom. The quantitative estimate of drug-likeness (QED) is 0.251. The van der Waals surface area contributed by atoms with Crippen molar-refractivity contribution < 1.29 is 14.0 Å². The Kier molecular flexibility index (Phi) is 8.25. The number of amides is 3. The number of urea groups is 1. The van der Waals surface area contributed by atoms with Gasteiger partial charge in [0.15, 0.2) is 0 Å². The zero-order chi connectivity index (χ0) is 29.7. The van der Waals surface area contributed by atoms with Crippen LogP contribution >= 0.6 is 0 Å². The Morgan fingerprint density at radius 3 is 2.71 bits per heavy atom. The fourth-order valence-corrected chi connectivity index (χ4v) is 8.31. The van der Waals surface area contributed by atoms with Crippen molar-refractivity contribution in [2.45, 2.75) is 102 Å². The maximum absolute atomic E-state index is 16.3. The number of carbonyl (C=O) groups excluding carboxylic acids is 2. The van der Waals surface area contributed by atoms with E-state index in [2.05, 4.69) is 71.3 Å². The van der Waals surface area contributed by atoms with Gasteiger partial charge in [-0.15, -0.1) is 5.53 Å². The summed E-state index contributed by atoms with van der Waals surface area (Å²) in [7, 11) is 0. The average Bonchev–Trinajstić information content (AvgIpc) is 3.43. The van der Waals surface area contributed by atoms with Crippen molar-refractivity contribution in [1.82, 2.24) is 46.6 Å². The lowest BCUT2D eigenvalue weighted by Gasteiger charge is -2.60. The third kappa shape index (κ3) is 5.10. The van der Waals surface area contributed by atoms with Crippen molar-refractivity contribution in [3.8, 4) is 0 Å². The number of fused-ring (bicyclic) bond motifs is 5. The zero-order valence-electron chi connectivity index (χ0n) is 25.3. The van der Waals surface area contributed by atoms with Crippen LogP contribution < -0.4 is 26.9 Å². The fraction of sp³-hybridized carbons (Fsp3) is 0.733.